The number of methoxy groups -OCH3 is 1. The molecule has 1 aliphatic heterocycles. The summed E-state index contributed by atoms with van der Waals surface area (Å²) in [5.41, 5.74) is -0.309. The third-order valence-corrected chi connectivity index (χ3v) is 4.52. The van der Waals surface area contributed by atoms with Crippen LogP contribution in [0.5, 0.6) is 17.2 Å². The van der Waals surface area contributed by atoms with Gasteiger partial charge in [-0.25, -0.2) is 0 Å². The number of hydrogen-bond acceptors (Lipinski definition) is 5. The first kappa shape index (κ1) is 16.4. The fourth-order valence-electron chi connectivity index (χ4n) is 3.40. The molecule has 2 N–H and O–H groups in total. The molecule has 0 aromatic heterocycles. The minimum Gasteiger partial charge on any atom is -0.493 e. The fourth-order valence-corrected chi connectivity index (χ4v) is 3.40. The van der Waals surface area contributed by atoms with Gasteiger partial charge in [0, 0.05) is 5.56 Å². The van der Waals surface area contributed by atoms with E-state index in [1.165, 1.54) is 7.11 Å². The first-order chi connectivity index (χ1) is 11.5. The van der Waals surface area contributed by atoms with Gasteiger partial charge in [0.15, 0.2) is 11.5 Å². The van der Waals surface area contributed by atoms with Crippen molar-refractivity contribution in [2.45, 2.75) is 37.6 Å². The van der Waals surface area contributed by atoms with Crippen LogP contribution in [0, 0.1) is 0 Å². The van der Waals surface area contributed by atoms with E-state index in [9.17, 15) is 9.59 Å². The average molecular weight is 335 g/mol. The molecule has 0 atom stereocenters. The molecule has 1 aromatic rings. The Balaban J connectivity index is 1.85. The van der Waals surface area contributed by atoms with Crippen molar-refractivity contribution in [2.75, 3.05) is 20.3 Å². The highest BCUT2D eigenvalue weighted by molar-refractivity contribution is 5.96. The van der Waals surface area contributed by atoms with Crippen molar-refractivity contribution in [3.63, 3.8) is 0 Å². The van der Waals surface area contributed by atoms with Crippen LogP contribution >= 0.6 is 0 Å². The van der Waals surface area contributed by atoms with E-state index in [1.807, 2.05) is 0 Å². The van der Waals surface area contributed by atoms with Gasteiger partial charge in [0.05, 0.1) is 19.1 Å². The molecule has 1 aliphatic carbocycles. The molecule has 3 rings (SSSR count). The van der Waals surface area contributed by atoms with Crippen LogP contribution in [0.15, 0.2) is 12.1 Å². The van der Waals surface area contributed by atoms with Crippen LogP contribution in [0.1, 0.15) is 42.5 Å². The van der Waals surface area contributed by atoms with Gasteiger partial charge < -0.3 is 24.6 Å². The monoisotopic (exact) mass is 335 g/mol. The number of fused-ring (bicyclic) bond motifs is 1. The van der Waals surface area contributed by atoms with E-state index in [0.717, 1.165) is 12.8 Å². The van der Waals surface area contributed by atoms with Gasteiger partial charge in [0.25, 0.3) is 5.91 Å². The summed E-state index contributed by atoms with van der Waals surface area (Å²) < 4.78 is 16.3. The summed E-state index contributed by atoms with van der Waals surface area (Å²) >= 11 is 0. The number of aliphatic carboxylic acids is 1. The number of carboxylic acids is 1. The Morgan fingerprint density at radius 1 is 1.25 bits per heavy atom. The lowest BCUT2D eigenvalue weighted by Crippen LogP contribution is -2.47. The Labute approximate surface area is 139 Å². The van der Waals surface area contributed by atoms with Crippen LogP contribution in [-0.4, -0.2) is 42.8 Å². The summed E-state index contributed by atoms with van der Waals surface area (Å²) in [6.45, 7) is 0.834. The SMILES string of the molecule is COc1cc(C(=O)NC2(CC(=O)O)CCCC2)cc2c1OCCO2. The Morgan fingerprint density at radius 2 is 1.96 bits per heavy atom. The first-order valence-corrected chi connectivity index (χ1v) is 8.05. The fraction of sp³-hybridized carbons (Fsp3) is 0.529. The highest BCUT2D eigenvalue weighted by atomic mass is 16.6. The molecule has 7 nitrogen and oxygen atoms in total. The number of carboxylic acid groups (broad SMARTS) is 1. The predicted octanol–water partition coefficient (Wildman–Crippen LogP) is 1.98. The molecule has 7 heteroatoms. The van der Waals surface area contributed by atoms with Crippen molar-refractivity contribution in [3.05, 3.63) is 17.7 Å². The summed E-state index contributed by atoms with van der Waals surface area (Å²) in [5, 5.41) is 12.1. The largest absolute Gasteiger partial charge is 0.493 e. The number of amides is 1. The molecule has 1 aromatic carbocycles. The first-order valence-electron chi connectivity index (χ1n) is 8.05. The molecule has 0 spiro atoms. The molecule has 0 saturated heterocycles. The second-order valence-corrected chi connectivity index (χ2v) is 6.21. The summed E-state index contributed by atoms with van der Waals surface area (Å²) in [6.07, 6.45) is 3.11. The van der Waals surface area contributed by atoms with E-state index in [2.05, 4.69) is 5.32 Å². The van der Waals surface area contributed by atoms with Gasteiger partial charge in [-0.1, -0.05) is 12.8 Å². The third kappa shape index (κ3) is 3.25. The molecule has 2 aliphatic rings. The van der Waals surface area contributed by atoms with Gasteiger partial charge in [0.2, 0.25) is 5.75 Å². The Morgan fingerprint density at radius 3 is 2.62 bits per heavy atom. The van der Waals surface area contributed by atoms with Crippen LogP contribution < -0.4 is 19.5 Å². The molecular weight excluding hydrogens is 314 g/mol. The number of carbonyl (C=O) groups excluding carboxylic acids is 1. The lowest BCUT2D eigenvalue weighted by atomic mass is 9.92. The van der Waals surface area contributed by atoms with E-state index in [4.69, 9.17) is 19.3 Å². The summed E-state index contributed by atoms with van der Waals surface area (Å²) in [7, 11) is 1.50. The van der Waals surface area contributed by atoms with Crippen molar-refractivity contribution < 1.29 is 28.9 Å². The number of hydrogen-bond donors (Lipinski definition) is 2. The second kappa shape index (κ2) is 6.59. The lowest BCUT2D eigenvalue weighted by Gasteiger charge is -2.29. The number of rotatable bonds is 5. The van der Waals surface area contributed by atoms with Gasteiger partial charge in [-0.05, 0) is 25.0 Å². The molecule has 130 valence electrons. The normalized spacial score (nSPS) is 18.0. The zero-order valence-electron chi connectivity index (χ0n) is 13.6. The zero-order valence-corrected chi connectivity index (χ0v) is 13.6. The molecule has 24 heavy (non-hydrogen) atoms. The highest BCUT2D eigenvalue weighted by Gasteiger charge is 2.38. The van der Waals surface area contributed by atoms with E-state index in [1.54, 1.807) is 12.1 Å². The Bertz CT molecular complexity index is 633. The minimum atomic E-state index is -0.906. The summed E-state index contributed by atoms with van der Waals surface area (Å²) in [5.74, 6) is 0.146. The molecule has 0 bridgehead atoms. The standard InChI is InChI=1S/C17H21NO6/c1-22-12-8-11(9-13-15(12)24-7-6-23-13)16(21)18-17(10-14(19)20)4-2-3-5-17/h8-9H,2-7,10H2,1H3,(H,18,21)(H,19,20). The van der Waals surface area contributed by atoms with Crippen LogP contribution in [0.4, 0.5) is 0 Å². The number of ether oxygens (including phenoxy) is 3. The molecule has 1 saturated carbocycles. The van der Waals surface area contributed by atoms with E-state index in [0.29, 0.717) is 48.9 Å². The number of benzene rings is 1. The van der Waals surface area contributed by atoms with E-state index < -0.39 is 11.5 Å². The lowest BCUT2D eigenvalue weighted by molar-refractivity contribution is -0.138. The van der Waals surface area contributed by atoms with Gasteiger partial charge in [-0.2, -0.15) is 0 Å². The van der Waals surface area contributed by atoms with Crippen LogP contribution in [0.3, 0.4) is 0 Å². The van der Waals surface area contributed by atoms with Gasteiger partial charge in [-0.3, -0.25) is 9.59 Å². The minimum absolute atomic E-state index is 0.0690. The molecule has 0 radical (unpaired) electrons. The highest BCUT2D eigenvalue weighted by Crippen LogP contribution is 2.41. The maximum atomic E-state index is 12.7. The topological polar surface area (TPSA) is 94.1 Å². The predicted molar refractivity (Wildman–Crippen MR) is 84.9 cm³/mol. The molecule has 1 heterocycles. The van der Waals surface area contributed by atoms with Crippen LogP contribution in [0.2, 0.25) is 0 Å². The molecular formula is C17H21NO6. The maximum Gasteiger partial charge on any atom is 0.305 e. The molecule has 1 fully saturated rings. The number of carbonyl (C=O) groups is 2. The van der Waals surface area contributed by atoms with Gasteiger partial charge in [-0.15, -0.1) is 0 Å². The van der Waals surface area contributed by atoms with Crippen molar-refractivity contribution in [1.82, 2.24) is 5.32 Å². The van der Waals surface area contributed by atoms with Crippen LogP contribution in [0.25, 0.3) is 0 Å². The molecule has 0 unspecified atom stereocenters. The van der Waals surface area contributed by atoms with E-state index in [-0.39, 0.29) is 12.3 Å². The van der Waals surface area contributed by atoms with Crippen molar-refractivity contribution in [3.8, 4) is 17.2 Å². The van der Waals surface area contributed by atoms with Crippen LogP contribution in [-0.2, 0) is 4.79 Å². The summed E-state index contributed by atoms with van der Waals surface area (Å²) in [6, 6.07) is 3.20. The Hall–Kier alpha value is -2.44. The average Bonchev–Trinajstić information content (AvgIpc) is 3.00. The van der Waals surface area contributed by atoms with Gasteiger partial charge >= 0.3 is 5.97 Å². The quantitative estimate of drug-likeness (QED) is 0.854. The van der Waals surface area contributed by atoms with Crippen molar-refractivity contribution in [1.29, 1.82) is 0 Å². The van der Waals surface area contributed by atoms with Crippen molar-refractivity contribution in [2.24, 2.45) is 0 Å². The second-order valence-electron chi connectivity index (χ2n) is 6.21. The smallest absolute Gasteiger partial charge is 0.305 e. The Kier molecular flexibility index (Phi) is 4.51. The summed E-state index contributed by atoms with van der Waals surface area (Å²) in [4.78, 5) is 23.8. The zero-order chi connectivity index (χ0) is 17.2. The van der Waals surface area contributed by atoms with Gasteiger partial charge in [0.1, 0.15) is 13.2 Å². The van der Waals surface area contributed by atoms with Crippen molar-refractivity contribution >= 4 is 11.9 Å². The van der Waals surface area contributed by atoms with E-state index >= 15 is 0 Å². The maximum absolute atomic E-state index is 12.7. The molecule has 1 amide bonds. The number of nitrogens with one attached hydrogen (secondary N) is 1. The third-order valence-electron chi connectivity index (χ3n) is 4.52.